The molecule has 0 radical (unpaired) electrons. The van der Waals surface area contributed by atoms with Crippen LogP contribution in [-0.2, 0) is 6.54 Å². The summed E-state index contributed by atoms with van der Waals surface area (Å²) in [7, 11) is 1.81. The molecule has 0 heterocycles. The van der Waals surface area contributed by atoms with E-state index in [1.54, 1.807) is 0 Å². The molecule has 0 amide bonds. The molecule has 23 heavy (non-hydrogen) atoms. The van der Waals surface area contributed by atoms with Crippen LogP contribution in [0.25, 0.3) is 0 Å². The molecular weight excluding hydrogens is 399 g/mol. The van der Waals surface area contributed by atoms with Crippen molar-refractivity contribution in [2.45, 2.75) is 52.7 Å². The van der Waals surface area contributed by atoms with Crippen LogP contribution in [0.5, 0.6) is 0 Å². The average Bonchev–Trinajstić information content (AvgIpc) is 2.50. The Morgan fingerprint density at radius 3 is 2.17 bits per heavy atom. The van der Waals surface area contributed by atoms with Crippen LogP contribution in [-0.4, -0.2) is 43.1 Å². The minimum absolute atomic E-state index is 0. The van der Waals surface area contributed by atoms with Crippen molar-refractivity contribution in [3.8, 4) is 0 Å². The van der Waals surface area contributed by atoms with Gasteiger partial charge in [-0.2, -0.15) is 0 Å². The first-order valence-corrected chi connectivity index (χ1v) is 8.28. The largest absolute Gasteiger partial charge is 0.356 e. The van der Waals surface area contributed by atoms with Crippen molar-refractivity contribution >= 4 is 29.9 Å². The van der Waals surface area contributed by atoms with Crippen LogP contribution >= 0.6 is 24.0 Å². The Hall–Kier alpha value is -0.820. The van der Waals surface area contributed by atoms with E-state index in [1.165, 1.54) is 5.56 Å². The summed E-state index contributed by atoms with van der Waals surface area (Å²) in [5, 5.41) is 6.73. The van der Waals surface area contributed by atoms with Crippen LogP contribution in [0, 0.1) is 0 Å². The second-order valence-corrected chi connectivity index (χ2v) is 6.12. The zero-order valence-electron chi connectivity index (χ0n) is 15.2. The Labute approximate surface area is 159 Å². The van der Waals surface area contributed by atoms with Crippen molar-refractivity contribution in [2.75, 3.05) is 20.1 Å². The van der Waals surface area contributed by atoms with Gasteiger partial charge in [0.05, 0.1) is 0 Å². The van der Waals surface area contributed by atoms with Crippen molar-refractivity contribution in [1.82, 2.24) is 15.5 Å². The Morgan fingerprint density at radius 2 is 1.65 bits per heavy atom. The zero-order valence-corrected chi connectivity index (χ0v) is 17.5. The quantitative estimate of drug-likeness (QED) is 0.286. The summed E-state index contributed by atoms with van der Waals surface area (Å²) in [4.78, 5) is 6.79. The smallest absolute Gasteiger partial charge is 0.191 e. The maximum Gasteiger partial charge on any atom is 0.191 e. The maximum atomic E-state index is 4.27. The van der Waals surface area contributed by atoms with Crippen LogP contribution in [0.3, 0.4) is 0 Å². The summed E-state index contributed by atoms with van der Waals surface area (Å²) >= 11 is 0. The monoisotopic (exact) mass is 432 g/mol. The number of rotatable bonds is 8. The fourth-order valence-corrected chi connectivity index (χ4v) is 2.58. The van der Waals surface area contributed by atoms with Crippen LogP contribution in [0.1, 0.15) is 39.7 Å². The molecule has 4 nitrogen and oxygen atoms in total. The van der Waals surface area contributed by atoms with E-state index in [0.29, 0.717) is 12.1 Å². The van der Waals surface area contributed by atoms with Crippen molar-refractivity contribution in [2.24, 2.45) is 4.99 Å². The fourth-order valence-electron chi connectivity index (χ4n) is 2.58. The highest BCUT2D eigenvalue weighted by Gasteiger charge is 2.12. The van der Waals surface area contributed by atoms with Gasteiger partial charge in [0, 0.05) is 38.8 Å². The molecule has 1 aromatic carbocycles. The molecule has 0 spiro atoms. The highest BCUT2D eigenvalue weighted by Crippen LogP contribution is 2.05. The summed E-state index contributed by atoms with van der Waals surface area (Å²) in [6.07, 6.45) is 1.11. The minimum Gasteiger partial charge on any atom is -0.356 e. The number of hydrogen-bond acceptors (Lipinski definition) is 2. The first-order valence-electron chi connectivity index (χ1n) is 8.28. The van der Waals surface area contributed by atoms with Crippen molar-refractivity contribution in [1.29, 1.82) is 0 Å². The molecule has 0 aliphatic carbocycles. The van der Waals surface area contributed by atoms with Crippen molar-refractivity contribution < 1.29 is 0 Å². The van der Waals surface area contributed by atoms with Crippen molar-refractivity contribution in [3.05, 3.63) is 35.9 Å². The number of nitrogens with one attached hydrogen (secondary N) is 2. The number of hydrogen-bond donors (Lipinski definition) is 2. The normalized spacial score (nSPS) is 11.7. The molecule has 0 unspecified atom stereocenters. The molecular formula is C18H33IN4. The molecule has 0 saturated carbocycles. The van der Waals surface area contributed by atoms with E-state index in [9.17, 15) is 0 Å². The molecule has 132 valence electrons. The number of benzene rings is 1. The Morgan fingerprint density at radius 1 is 1.04 bits per heavy atom. The number of halogens is 1. The van der Waals surface area contributed by atoms with Crippen LogP contribution in [0.2, 0.25) is 0 Å². The van der Waals surface area contributed by atoms with E-state index in [2.05, 4.69) is 72.5 Å². The number of guanidine groups is 1. The third-order valence-corrected chi connectivity index (χ3v) is 3.74. The summed E-state index contributed by atoms with van der Waals surface area (Å²) in [6, 6.07) is 11.6. The van der Waals surface area contributed by atoms with Gasteiger partial charge < -0.3 is 10.6 Å². The standard InChI is InChI=1S/C18H32N4.HI/c1-15(2)22(16(3)4)13-9-12-20-18(19-5)21-14-17-10-7-6-8-11-17;/h6-8,10-11,15-16H,9,12-14H2,1-5H3,(H2,19,20,21);1H. The van der Waals surface area contributed by atoms with Gasteiger partial charge in [-0.1, -0.05) is 30.3 Å². The summed E-state index contributed by atoms with van der Waals surface area (Å²) < 4.78 is 0. The van der Waals surface area contributed by atoms with Gasteiger partial charge in [0.25, 0.3) is 0 Å². The fraction of sp³-hybridized carbons (Fsp3) is 0.611. The number of nitrogens with zero attached hydrogens (tertiary/aromatic N) is 2. The highest BCUT2D eigenvalue weighted by atomic mass is 127. The highest BCUT2D eigenvalue weighted by molar-refractivity contribution is 14.0. The third kappa shape index (κ3) is 9.15. The van der Waals surface area contributed by atoms with E-state index >= 15 is 0 Å². The Kier molecular flexibility index (Phi) is 12.1. The first-order chi connectivity index (χ1) is 10.5. The zero-order chi connectivity index (χ0) is 16.4. The predicted molar refractivity (Wildman–Crippen MR) is 112 cm³/mol. The van der Waals surface area contributed by atoms with Crippen LogP contribution < -0.4 is 10.6 Å². The molecule has 0 aliphatic rings. The van der Waals surface area contributed by atoms with E-state index in [4.69, 9.17) is 0 Å². The van der Waals surface area contributed by atoms with Gasteiger partial charge in [0.2, 0.25) is 0 Å². The minimum atomic E-state index is 0. The van der Waals surface area contributed by atoms with Gasteiger partial charge in [-0.25, -0.2) is 0 Å². The first kappa shape index (κ1) is 22.2. The lowest BCUT2D eigenvalue weighted by Gasteiger charge is -2.30. The van der Waals surface area contributed by atoms with Crippen molar-refractivity contribution in [3.63, 3.8) is 0 Å². The number of aliphatic imine (C=N–C) groups is 1. The summed E-state index contributed by atoms with van der Waals surface area (Å²) in [5.41, 5.74) is 1.26. The van der Waals surface area contributed by atoms with Gasteiger partial charge >= 0.3 is 0 Å². The van der Waals surface area contributed by atoms with Gasteiger partial charge in [-0.05, 0) is 39.7 Å². The molecule has 1 aromatic rings. The molecule has 0 bridgehead atoms. The third-order valence-electron chi connectivity index (χ3n) is 3.74. The lowest BCUT2D eigenvalue weighted by molar-refractivity contribution is 0.173. The molecule has 0 saturated heterocycles. The topological polar surface area (TPSA) is 39.7 Å². The molecule has 5 heteroatoms. The summed E-state index contributed by atoms with van der Waals surface area (Å²) in [6.45, 7) is 11.9. The van der Waals surface area contributed by atoms with E-state index in [-0.39, 0.29) is 24.0 Å². The molecule has 0 aromatic heterocycles. The summed E-state index contributed by atoms with van der Waals surface area (Å²) in [5.74, 6) is 0.865. The maximum absolute atomic E-state index is 4.27. The molecule has 0 aliphatic heterocycles. The molecule has 0 atom stereocenters. The van der Waals surface area contributed by atoms with Gasteiger partial charge in [0.1, 0.15) is 0 Å². The molecule has 0 fully saturated rings. The second kappa shape index (κ2) is 12.6. The Bertz CT molecular complexity index is 424. The average molecular weight is 432 g/mol. The Balaban J connectivity index is 0.00000484. The van der Waals surface area contributed by atoms with E-state index in [1.807, 2.05) is 13.1 Å². The lowest BCUT2D eigenvalue weighted by Crippen LogP contribution is -2.41. The van der Waals surface area contributed by atoms with Crippen LogP contribution in [0.4, 0.5) is 0 Å². The molecule has 1 rings (SSSR count). The predicted octanol–water partition coefficient (Wildman–Crippen LogP) is 3.48. The second-order valence-electron chi connectivity index (χ2n) is 6.12. The van der Waals surface area contributed by atoms with E-state index in [0.717, 1.165) is 32.0 Å². The molecule has 2 N–H and O–H groups in total. The lowest BCUT2D eigenvalue weighted by atomic mass is 10.2. The van der Waals surface area contributed by atoms with E-state index < -0.39 is 0 Å². The van der Waals surface area contributed by atoms with Gasteiger partial charge in [0.15, 0.2) is 5.96 Å². The SMILES string of the molecule is CN=C(NCCCN(C(C)C)C(C)C)NCc1ccccc1.I. The van der Waals surface area contributed by atoms with Gasteiger partial charge in [-0.15, -0.1) is 24.0 Å². The van der Waals surface area contributed by atoms with Gasteiger partial charge in [-0.3, -0.25) is 9.89 Å². The van der Waals surface area contributed by atoms with Crippen LogP contribution in [0.15, 0.2) is 35.3 Å².